The van der Waals surface area contributed by atoms with Crippen LogP contribution in [0, 0.1) is 11.3 Å². The molecule has 0 aliphatic carbocycles. The molecule has 0 saturated carbocycles. The molecule has 2 N–H and O–H groups in total. The van der Waals surface area contributed by atoms with Crippen LogP contribution < -0.4 is 5.73 Å². The highest BCUT2D eigenvalue weighted by atomic mass is 35.5. The smallest absolute Gasteiger partial charge is 0.0992 e. The molecule has 2 aromatic rings. The second-order valence-corrected chi connectivity index (χ2v) is 5.47. The van der Waals surface area contributed by atoms with Crippen molar-refractivity contribution in [2.24, 2.45) is 0 Å². The standard InChI is InChI=1S/C13H8Cl2N2S/c14-9-2-3-10(15)13(6-9)18-12-4-1-8(7-16)5-11(12)17/h1-6H,17H2. The van der Waals surface area contributed by atoms with Gasteiger partial charge in [-0.25, -0.2) is 0 Å². The van der Waals surface area contributed by atoms with Crippen LogP contribution in [-0.2, 0) is 0 Å². The van der Waals surface area contributed by atoms with Gasteiger partial charge in [-0.3, -0.25) is 0 Å². The van der Waals surface area contributed by atoms with E-state index in [4.69, 9.17) is 34.2 Å². The summed E-state index contributed by atoms with van der Waals surface area (Å²) >= 11 is 13.4. The summed E-state index contributed by atoms with van der Waals surface area (Å²) in [4.78, 5) is 1.68. The van der Waals surface area contributed by atoms with Crippen molar-refractivity contribution in [2.75, 3.05) is 5.73 Å². The van der Waals surface area contributed by atoms with Gasteiger partial charge in [0, 0.05) is 20.5 Å². The molecule has 2 aromatic carbocycles. The zero-order valence-corrected chi connectivity index (χ0v) is 11.5. The van der Waals surface area contributed by atoms with Crippen molar-refractivity contribution in [3.63, 3.8) is 0 Å². The highest BCUT2D eigenvalue weighted by molar-refractivity contribution is 7.99. The summed E-state index contributed by atoms with van der Waals surface area (Å²) in [6, 6.07) is 12.5. The van der Waals surface area contributed by atoms with Gasteiger partial charge in [0.05, 0.1) is 16.7 Å². The fraction of sp³-hybridized carbons (Fsp3) is 0. The minimum absolute atomic E-state index is 0.536. The van der Waals surface area contributed by atoms with Gasteiger partial charge < -0.3 is 5.73 Å². The van der Waals surface area contributed by atoms with E-state index in [1.165, 1.54) is 11.8 Å². The van der Waals surface area contributed by atoms with Crippen LogP contribution in [0.3, 0.4) is 0 Å². The third kappa shape index (κ3) is 2.91. The Morgan fingerprint density at radius 3 is 2.50 bits per heavy atom. The minimum Gasteiger partial charge on any atom is -0.398 e. The number of nitrogens with zero attached hydrogens (tertiary/aromatic N) is 1. The summed E-state index contributed by atoms with van der Waals surface area (Å²) in [7, 11) is 0. The summed E-state index contributed by atoms with van der Waals surface area (Å²) in [6.45, 7) is 0. The average Bonchev–Trinajstić information content (AvgIpc) is 2.36. The highest BCUT2D eigenvalue weighted by Crippen LogP contribution is 2.37. The van der Waals surface area contributed by atoms with Crippen molar-refractivity contribution in [1.29, 1.82) is 5.26 Å². The molecular formula is C13H8Cl2N2S. The fourth-order valence-corrected chi connectivity index (χ4v) is 2.76. The van der Waals surface area contributed by atoms with E-state index in [0.29, 0.717) is 21.3 Å². The minimum atomic E-state index is 0.536. The number of nitriles is 1. The van der Waals surface area contributed by atoms with E-state index in [9.17, 15) is 0 Å². The van der Waals surface area contributed by atoms with Crippen LogP contribution in [0.2, 0.25) is 10.0 Å². The monoisotopic (exact) mass is 294 g/mol. The second-order valence-electron chi connectivity index (χ2n) is 3.54. The van der Waals surface area contributed by atoms with E-state index in [2.05, 4.69) is 0 Å². The first-order chi connectivity index (χ1) is 8.60. The third-order valence-corrected chi connectivity index (χ3v) is 4.08. The lowest BCUT2D eigenvalue weighted by atomic mass is 10.2. The van der Waals surface area contributed by atoms with Gasteiger partial charge in [-0.1, -0.05) is 35.0 Å². The number of nitrogen functional groups attached to an aromatic ring is 1. The van der Waals surface area contributed by atoms with E-state index >= 15 is 0 Å². The molecule has 0 bridgehead atoms. The Hall–Kier alpha value is -1.34. The van der Waals surface area contributed by atoms with Crippen molar-refractivity contribution < 1.29 is 0 Å². The van der Waals surface area contributed by atoms with Crippen molar-refractivity contribution >= 4 is 40.7 Å². The third-order valence-electron chi connectivity index (χ3n) is 2.25. The van der Waals surface area contributed by atoms with Crippen LogP contribution in [0.25, 0.3) is 0 Å². The lowest BCUT2D eigenvalue weighted by molar-refractivity contribution is 1.39. The Morgan fingerprint density at radius 2 is 1.83 bits per heavy atom. The molecule has 2 nitrogen and oxygen atoms in total. The van der Waals surface area contributed by atoms with Crippen molar-refractivity contribution in [2.45, 2.75) is 9.79 Å². The topological polar surface area (TPSA) is 49.8 Å². The molecule has 2 rings (SSSR count). The normalized spacial score (nSPS) is 10.1. The van der Waals surface area contributed by atoms with Gasteiger partial charge in [0.2, 0.25) is 0 Å². The Kier molecular flexibility index (Phi) is 4.03. The quantitative estimate of drug-likeness (QED) is 0.824. The maximum Gasteiger partial charge on any atom is 0.0992 e. The molecule has 0 aliphatic rings. The van der Waals surface area contributed by atoms with E-state index < -0.39 is 0 Å². The lowest BCUT2D eigenvalue weighted by Gasteiger charge is -2.07. The number of anilines is 1. The summed E-state index contributed by atoms with van der Waals surface area (Å²) in [5.74, 6) is 0. The second kappa shape index (κ2) is 5.53. The Bertz CT molecular complexity index is 635. The van der Waals surface area contributed by atoms with E-state index in [-0.39, 0.29) is 0 Å². The van der Waals surface area contributed by atoms with Gasteiger partial charge in [-0.15, -0.1) is 0 Å². The molecule has 0 unspecified atom stereocenters. The van der Waals surface area contributed by atoms with Crippen LogP contribution in [0.1, 0.15) is 5.56 Å². The first kappa shape index (κ1) is 13.1. The number of hydrogen-bond acceptors (Lipinski definition) is 3. The maximum atomic E-state index is 8.77. The molecule has 90 valence electrons. The number of halogens is 2. The molecular weight excluding hydrogens is 287 g/mol. The largest absolute Gasteiger partial charge is 0.398 e. The molecule has 0 spiro atoms. The Labute approximate surface area is 119 Å². The predicted molar refractivity (Wildman–Crippen MR) is 76.2 cm³/mol. The number of benzene rings is 2. The first-order valence-corrected chi connectivity index (χ1v) is 6.60. The molecule has 0 atom stereocenters. The van der Waals surface area contributed by atoms with Crippen molar-refractivity contribution in [3.8, 4) is 6.07 Å². The van der Waals surface area contributed by atoms with Gasteiger partial charge in [0.15, 0.2) is 0 Å². The SMILES string of the molecule is N#Cc1ccc(Sc2cc(Cl)ccc2Cl)c(N)c1. The molecule has 0 saturated heterocycles. The summed E-state index contributed by atoms with van der Waals surface area (Å²) in [6.07, 6.45) is 0. The number of rotatable bonds is 2. The van der Waals surface area contributed by atoms with Crippen molar-refractivity contribution in [3.05, 3.63) is 52.0 Å². The van der Waals surface area contributed by atoms with E-state index in [1.807, 2.05) is 6.07 Å². The lowest BCUT2D eigenvalue weighted by Crippen LogP contribution is -1.89. The number of hydrogen-bond donors (Lipinski definition) is 1. The molecule has 0 fully saturated rings. The van der Waals surface area contributed by atoms with Gasteiger partial charge in [0.1, 0.15) is 0 Å². The molecule has 0 amide bonds. The molecule has 0 radical (unpaired) electrons. The van der Waals surface area contributed by atoms with Crippen LogP contribution in [-0.4, -0.2) is 0 Å². The van der Waals surface area contributed by atoms with E-state index in [0.717, 1.165) is 9.79 Å². The molecule has 0 aromatic heterocycles. The average molecular weight is 295 g/mol. The van der Waals surface area contributed by atoms with Crippen LogP contribution >= 0.6 is 35.0 Å². The van der Waals surface area contributed by atoms with Crippen LogP contribution in [0.15, 0.2) is 46.2 Å². The van der Waals surface area contributed by atoms with Gasteiger partial charge in [0.25, 0.3) is 0 Å². The molecule has 0 heterocycles. The van der Waals surface area contributed by atoms with Crippen molar-refractivity contribution in [1.82, 2.24) is 0 Å². The fourth-order valence-electron chi connectivity index (χ4n) is 1.38. The number of nitrogens with two attached hydrogens (primary N) is 1. The first-order valence-electron chi connectivity index (χ1n) is 5.02. The van der Waals surface area contributed by atoms with Gasteiger partial charge in [-0.05, 0) is 36.4 Å². The summed E-state index contributed by atoms with van der Waals surface area (Å²) in [5, 5.41) is 10.0. The van der Waals surface area contributed by atoms with Crippen LogP contribution in [0.4, 0.5) is 5.69 Å². The Morgan fingerprint density at radius 1 is 1.06 bits per heavy atom. The van der Waals surface area contributed by atoms with E-state index in [1.54, 1.807) is 36.4 Å². The van der Waals surface area contributed by atoms with Gasteiger partial charge in [-0.2, -0.15) is 5.26 Å². The summed E-state index contributed by atoms with van der Waals surface area (Å²) in [5.41, 5.74) is 6.97. The zero-order chi connectivity index (χ0) is 13.1. The maximum absolute atomic E-state index is 8.77. The van der Waals surface area contributed by atoms with Crippen LogP contribution in [0.5, 0.6) is 0 Å². The highest BCUT2D eigenvalue weighted by Gasteiger charge is 2.07. The Balaban J connectivity index is 2.34. The predicted octanol–water partition coefficient (Wildman–Crippen LogP) is 4.60. The van der Waals surface area contributed by atoms with Gasteiger partial charge >= 0.3 is 0 Å². The molecule has 18 heavy (non-hydrogen) atoms. The molecule has 5 heteroatoms. The summed E-state index contributed by atoms with van der Waals surface area (Å²) < 4.78 is 0. The zero-order valence-electron chi connectivity index (χ0n) is 9.15. The molecule has 0 aliphatic heterocycles.